The quantitative estimate of drug-likeness (QED) is 0.887. The van der Waals surface area contributed by atoms with E-state index in [1.165, 1.54) is 0 Å². The van der Waals surface area contributed by atoms with Crippen molar-refractivity contribution in [2.45, 2.75) is 26.2 Å². The normalized spacial score (nSPS) is 15.2. The van der Waals surface area contributed by atoms with Gasteiger partial charge in [0.2, 0.25) is 5.91 Å². The molecule has 2 N–H and O–H groups in total. The van der Waals surface area contributed by atoms with E-state index in [1.807, 2.05) is 30.0 Å². The third kappa shape index (κ3) is 4.29. The molecule has 0 atom stereocenters. The molecule has 3 amide bonds. The van der Waals surface area contributed by atoms with Crippen LogP contribution in [-0.4, -0.2) is 64.4 Å². The number of H-pyrrole nitrogens is 1. The summed E-state index contributed by atoms with van der Waals surface area (Å²) in [6, 6.07) is 5.82. The molecule has 1 fully saturated rings. The first-order valence-corrected chi connectivity index (χ1v) is 8.90. The molecule has 0 bridgehead atoms. The lowest BCUT2D eigenvalue weighted by Gasteiger charge is -2.22. The first-order valence-electron chi connectivity index (χ1n) is 8.90. The number of urea groups is 1. The van der Waals surface area contributed by atoms with Crippen LogP contribution in [0.3, 0.4) is 0 Å². The molecule has 2 aromatic rings. The lowest BCUT2D eigenvalue weighted by atomic mass is 10.1. The van der Waals surface area contributed by atoms with Gasteiger partial charge in [-0.15, -0.1) is 0 Å². The number of carbonyl (C=O) groups is 2. The van der Waals surface area contributed by atoms with E-state index in [4.69, 9.17) is 0 Å². The van der Waals surface area contributed by atoms with Crippen LogP contribution in [0.5, 0.6) is 0 Å². The molecule has 0 unspecified atom stereocenters. The van der Waals surface area contributed by atoms with Crippen molar-refractivity contribution in [1.29, 1.82) is 0 Å². The highest BCUT2D eigenvalue weighted by Gasteiger charge is 2.21. The van der Waals surface area contributed by atoms with E-state index in [1.54, 1.807) is 11.2 Å². The molecule has 1 aromatic heterocycles. The number of nitrogens with zero attached hydrogens (tertiary/aromatic N) is 3. The second kappa shape index (κ2) is 8.00. The molecule has 0 aliphatic carbocycles. The Balaban J connectivity index is 1.56. The number of hydrogen-bond donors (Lipinski definition) is 2. The Labute approximate surface area is 147 Å². The van der Waals surface area contributed by atoms with E-state index >= 15 is 0 Å². The van der Waals surface area contributed by atoms with Crippen LogP contribution >= 0.6 is 0 Å². The summed E-state index contributed by atoms with van der Waals surface area (Å²) in [5, 5.41) is 2.90. The van der Waals surface area contributed by atoms with Crippen molar-refractivity contribution in [3.05, 3.63) is 30.1 Å². The summed E-state index contributed by atoms with van der Waals surface area (Å²) in [7, 11) is 0. The Morgan fingerprint density at radius 2 is 2.00 bits per heavy atom. The topological polar surface area (TPSA) is 81.3 Å². The van der Waals surface area contributed by atoms with Crippen LogP contribution in [0.15, 0.2) is 24.5 Å². The van der Waals surface area contributed by atoms with Gasteiger partial charge >= 0.3 is 6.03 Å². The Morgan fingerprint density at radius 1 is 1.20 bits per heavy atom. The zero-order valence-electron chi connectivity index (χ0n) is 14.6. The number of imidazole rings is 1. The molecule has 3 rings (SSSR count). The van der Waals surface area contributed by atoms with E-state index in [9.17, 15) is 9.59 Å². The van der Waals surface area contributed by atoms with Crippen LogP contribution in [0.2, 0.25) is 0 Å². The first kappa shape index (κ1) is 17.3. The highest BCUT2D eigenvalue weighted by Crippen LogP contribution is 2.13. The third-order valence-electron chi connectivity index (χ3n) is 4.50. The van der Waals surface area contributed by atoms with Gasteiger partial charge in [0.1, 0.15) is 0 Å². The van der Waals surface area contributed by atoms with E-state index in [-0.39, 0.29) is 11.9 Å². The number of amides is 3. The van der Waals surface area contributed by atoms with Crippen molar-refractivity contribution >= 4 is 23.0 Å². The number of hydrogen-bond acceptors (Lipinski definition) is 3. The monoisotopic (exact) mass is 343 g/mol. The molecular weight excluding hydrogens is 318 g/mol. The standard InChI is InChI=1S/C18H25N5O2/c1-2-6-19-18(25)23-8-3-7-22(9-10-23)17(24)12-14-4-5-15-16(11-14)21-13-20-15/h4-5,11,13H,2-3,6-10,12H2,1H3,(H,19,25)(H,20,21). The van der Waals surface area contributed by atoms with Crippen LogP contribution in [0.1, 0.15) is 25.3 Å². The summed E-state index contributed by atoms with van der Waals surface area (Å²) in [6.07, 6.45) is 3.76. The molecule has 0 radical (unpaired) electrons. The summed E-state index contributed by atoms with van der Waals surface area (Å²) in [4.78, 5) is 35.6. The largest absolute Gasteiger partial charge is 0.345 e. The Morgan fingerprint density at radius 3 is 2.84 bits per heavy atom. The van der Waals surface area contributed by atoms with Crippen molar-refractivity contribution in [3.8, 4) is 0 Å². The molecule has 0 saturated carbocycles. The Bertz CT molecular complexity index is 742. The number of carbonyl (C=O) groups excluding carboxylic acids is 2. The van der Waals surface area contributed by atoms with Crippen molar-refractivity contribution in [3.63, 3.8) is 0 Å². The van der Waals surface area contributed by atoms with E-state index < -0.39 is 0 Å². The molecule has 1 aliphatic heterocycles. The number of fused-ring (bicyclic) bond motifs is 1. The van der Waals surface area contributed by atoms with E-state index in [2.05, 4.69) is 15.3 Å². The summed E-state index contributed by atoms with van der Waals surface area (Å²) in [5.41, 5.74) is 2.82. The maximum Gasteiger partial charge on any atom is 0.317 e. The number of rotatable bonds is 4. The Hall–Kier alpha value is -2.57. The predicted octanol–water partition coefficient (Wildman–Crippen LogP) is 1.76. The van der Waals surface area contributed by atoms with Crippen LogP contribution in [-0.2, 0) is 11.2 Å². The van der Waals surface area contributed by atoms with Crippen LogP contribution in [0.4, 0.5) is 4.79 Å². The molecule has 1 aliphatic rings. The van der Waals surface area contributed by atoms with Crippen LogP contribution in [0, 0.1) is 0 Å². The van der Waals surface area contributed by atoms with Crippen molar-refractivity contribution in [2.75, 3.05) is 32.7 Å². The molecule has 1 aromatic carbocycles. The van der Waals surface area contributed by atoms with Gasteiger partial charge in [-0.1, -0.05) is 13.0 Å². The third-order valence-corrected chi connectivity index (χ3v) is 4.50. The summed E-state index contributed by atoms with van der Waals surface area (Å²) < 4.78 is 0. The minimum atomic E-state index is -0.0270. The number of nitrogens with one attached hydrogen (secondary N) is 2. The van der Waals surface area contributed by atoms with Crippen LogP contribution < -0.4 is 5.32 Å². The van der Waals surface area contributed by atoms with Gasteiger partial charge in [-0.3, -0.25) is 4.79 Å². The average Bonchev–Trinajstić information content (AvgIpc) is 2.93. The highest BCUT2D eigenvalue weighted by atomic mass is 16.2. The summed E-state index contributed by atoms with van der Waals surface area (Å²) >= 11 is 0. The second-order valence-corrected chi connectivity index (χ2v) is 6.38. The maximum absolute atomic E-state index is 12.6. The first-order chi connectivity index (χ1) is 12.2. The highest BCUT2D eigenvalue weighted by molar-refractivity contribution is 5.82. The maximum atomic E-state index is 12.6. The number of aromatic amines is 1. The zero-order chi connectivity index (χ0) is 17.6. The fourth-order valence-corrected chi connectivity index (χ4v) is 3.09. The van der Waals surface area contributed by atoms with Gasteiger partial charge in [-0.05, 0) is 30.5 Å². The smallest absolute Gasteiger partial charge is 0.317 e. The van der Waals surface area contributed by atoms with E-state index in [0.717, 1.165) is 29.4 Å². The van der Waals surface area contributed by atoms with Gasteiger partial charge in [0, 0.05) is 32.7 Å². The zero-order valence-corrected chi connectivity index (χ0v) is 14.6. The SMILES string of the molecule is CCCNC(=O)N1CCCN(C(=O)Cc2ccc3nc[nH]c3c2)CC1. The summed E-state index contributed by atoms with van der Waals surface area (Å²) in [6.45, 7) is 5.28. The molecule has 1 saturated heterocycles. The van der Waals surface area contributed by atoms with Crippen molar-refractivity contribution in [1.82, 2.24) is 25.1 Å². The molecule has 7 heteroatoms. The molecule has 0 spiro atoms. The fourth-order valence-electron chi connectivity index (χ4n) is 3.09. The predicted molar refractivity (Wildman–Crippen MR) is 96.3 cm³/mol. The Kier molecular flexibility index (Phi) is 5.53. The fraction of sp³-hybridized carbons (Fsp3) is 0.500. The van der Waals surface area contributed by atoms with Gasteiger partial charge < -0.3 is 20.1 Å². The average molecular weight is 343 g/mol. The second-order valence-electron chi connectivity index (χ2n) is 6.38. The van der Waals surface area contributed by atoms with Gasteiger partial charge in [-0.2, -0.15) is 0 Å². The van der Waals surface area contributed by atoms with Gasteiger partial charge in [0.15, 0.2) is 0 Å². The molecule has 7 nitrogen and oxygen atoms in total. The van der Waals surface area contributed by atoms with Gasteiger partial charge in [0.05, 0.1) is 23.8 Å². The molecular formula is C18H25N5O2. The lowest BCUT2D eigenvalue weighted by Crippen LogP contribution is -2.43. The summed E-state index contributed by atoms with van der Waals surface area (Å²) in [5.74, 6) is 0.106. The lowest BCUT2D eigenvalue weighted by molar-refractivity contribution is -0.130. The molecule has 2 heterocycles. The van der Waals surface area contributed by atoms with Crippen molar-refractivity contribution < 1.29 is 9.59 Å². The minimum absolute atomic E-state index is 0.0270. The van der Waals surface area contributed by atoms with Gasteiger partial charge in [-0.25, -0.2) is 9.78 Å². The molecule has 25 heavy (non-hydrogen) atoms. The molecule has 134 valence electrons. The number of benzene rings is 1. The van der Waals surface area contributed by atoms with E-state index in [0.29, 0.717) is 39.1 Å². The van der Waals surface area contributed by atoms with Gasteiger partial charge in [0.25, 0.3) is 0 Å². The van der Waals surface area contributed by atoms with Crippen molar-refractivity contribution in [2.24, 2.45) is 0 Å². The minimum Gasteiger partial charge on any atom is -0.345 e. The van der Waals surface area contributed by atoms with Crippen LogP contribution in [0.25, 0.3) is 11.0 Å². The number of aromatic nitrogens is 2.